The number of benzene rings is 3. The van der Waals surface area contributed by atoms with Gasteiger partial charge in [0, 0.05) is 45.3 Å². The molecule has 0 spiro atoms. The zero-order chi connectivity index (χ0) is 24.8. The van der Waals surface area contributed by atoms with Gasteiger partial charge >= 0.3 is 0 Å². The van der Waals surface area contributed by atoms with Crippen LogP contribution in [0.25, 0.3) is 52.8 Å². The predicted molar refractivity (Wildman–Crippen MR) is 157 cm³/mol. The molecule has 0 N–H and O–H groups in total. The summed E-state index contributed by atoms with van der Waals surface area (Å²) in [6.45, 7) is 2.02. The van der Waals surface area contributed by atoms with Crippen LogP contribution in [0.3, 0.4) is 0 Å². The van der Waals surface area contributed by atoms with Gasteiger partial charge in [-0.2, -0.15) is 8.75 Å². The average Bonchev–Trinajstić information content (AvgIpc) is 3.64. The van der Waals surface area contributed by atoms with Crippen LogP contribution in [0.5, 0.6) is 0 Å². The molecular formula is C28H17F2IN2S3. The first-order chi connectivity index (χ1) is 17.5. The van der Waals surface area contributed by atoms with E-state index in [9.17, 15) is 8.78 Å². The number of hydrogen-bond acceptors (Lipinski definition) is 5. The minimum atomic E-state index is -0.222. The fraction of sp³-hybridized carbons (Fsp3) is 0.0714. The lowest BCUT2D eigenvalue weighted by Gasteiger charge is -2.05. The van der Waals surface area contributed by atoms with Gasteiger partial charge in [-0.15, -0.1) is 22.7 Å². The number of rotatable bonds is 5. The number of nitrogens with zero attached hydrogens (tertiary/aromatic N) is 2. The highest BCUT2D eigenvalue weighted by Crippen LogP contribution is 2.43. The molecule has 0 aliphatic carbocycles. The van der Waals surface area contributed by atoms with Gasteiger partial charge < -0.3 is 0 Å². The average molecular weight is 643 g/mol. The quantitative estimate of drug-likeness (QED) is 0.175. The maximum Gasteiger partial charge on any atom is 0.132 e. The van der Waals surface area contributed by atoms with Gasteiger partial charge in [-0.3, -0.25) is 0 Å². The summed E-state index contributed by atoms with van der Waals surface area (Å²) in [4.78, 5) is 3.78. The van der Waals surface area contributed by atoms with Crippen molar-refractivity contribution in [2.75, 3.05) is 0 Å². The van der Waals surface area contributed by atoms with Crippen molar-refractivity contribution in [2.24, 2.45) is 0 Å². The van der Waals surface area contributed by atoms with E-state index in [0.717, 1.165) is 57.2 Å². The van der Waals surface area contributed by atoms with E-state index >= 15 is 0 Å². The smallest absolute Gasteiger partial charge is 0.132 e. The van der Waals surface area contributed by atoms with Gasteiger partial charge in [0.05, 0.1) is 11.7 Å². The van der Waals surface area contributed by atoms with Crippen LogP contribution >= 0.6 is 57.0 Å². The van der Waals surface area contributed by atoms with Crippen molar-refractivity contribution < 1.29 is 8.78 Å². The van der Waals surface area contributed by atoms with Crippen molar-refractivity contribution in [1.82, 2.24) is 8.75 Å². The molecule has 0 saturated carbocycles. The summed E-state index contributed by atoms with van der Waals surface area (Å²) < 4.78 is 39.3. The van der Waals surface area contributed by atoms with E-state index < -0.39 is 0 Å². The van der Waals surface area contributed by atoms with Gasteiger partial charge in [0.15, 0.2) is 0 Å². The van der Waals surface area contributed by atoms with E-state index in [0.29, 0.717) is 11.1 Å². The van der Waals surface area contributed by atoms with Crippen molar-refractivity contribution in [3.63, 3.8) is 0 Å². The molecule has 2 nitrogen and oxygen atoms in total. The maximum atomic E-state index is 14.7. The van der Waals surface area contributed by atoms with Gasteiger partial charge in [0.1, 0.15) is 22.7 Å². The van der Waals surface area contributed by atoms with E-state index in [2.05, 4.69) is 43.5 Å². The summed E-state index contributed by atoms with van der Waals surface area (Å²) in [5, 5.41) is 0. The lowest BCUT2D eigenvalue weighted by atomic mass is 10.1. The number of halogens is 3. The Morgan fingerprint density at radius 2 is 1.11 bits per heavy atom. The molecule has 6 aromatic rings. The van der Waals surface area contributed by atoms with Crippen molar-refractivity contribution in [3.8, 4) is 41.8 Å². The van der Waals surface area contributed by atoms with Crippen LogP contribution in [0.1, 0.15) is 12.5 Å². The number of fused-ring (bicyclic) bond motifs is 1. The Bertz CT molecular complexity index is 1730. The predicted octanol–water partition coefficient (Wildman–Crippen LogP) is 9.93. The molecular weight excluding hydrogens is 625 g/mol. The molecule has 0 aliphatic rings. The molecule has 0 bridgehead atoms. The number of thiophene rings is 2. The third kappa shape index (κ3) is 4.30. The zero-order valence-corrected chi connectivity index (χ0v) is 23.5. The Labute approximate surface area is 232 Å². The molecule has 0 amide bonds. The monoisotopic (exact) mass is 642 g/mol. The molecule has 0 aliphatic heterocycles. The Morgan fingerprint density at radius 3 is 1.61 bits per heavy atom. The fourth-order valence-corrected chi connectivity index (χ4v) is 7.33. The molecule has 8 heteroatoms. The van der Waals surface area contributed by atoms with Gasteiger partial charge in [0.25, 0.3) is 0 Å². The molecule has 0 saturated heterocycles. The molecule has 0 unspecified atom stereocenters. The lowest BCUT2D eigenvalue weighted by molar-refractivity contribution is 0.629. The topological polar surface area (TPSA) is 25.8 Å². The highest BCUT2D eigenvalue weighted by molar-refractivity contribution is 14.1. The largest absolute Gasteiger partial charge is 0.206 e. The van der Waals surface area contributed by atoms with Crippen molar-refractivity contribution in [2.45, 2.75) is 13.3 Å². The standard InChI is InChI=1S/C28H17F2IN2S3/c1-2-15-3-5-17(21(29)13-15)23-9-11-25(34-23)19-7-8-20(28-27(19)32-36-33-28)26-12-10-24(35-26)18-6-4-16(31)14-22(18)30/h3-14H,2H2,1H3. The van der Waals surface area contributed by atoms with Crippen LogP contribution in [-0.4, -0.2) is 8.75 Å². The van der Waals surface area contributed by atoms with E-state index in [1.807, 2.05) is 55.5 Å². The summed E-state index contributed by atoms with van der Waals surface area (Å²) in [5.74, 6) is -0.419. The van der Waals surface area contributed by atoms with Crippen molar-refractivity contribution in [1.29, 1.82) is 0 Å². The molecule has 3 aromatic carbocycles. The Kier molecular flexibility index (Phi) is 6.45. The van der Waals surface area contributed by atoms with Crippen molar-refractivity contribution >= 4 is 68.0 Å². The molecule has 36 heavy (non-hydrogen) atoms. The van der Waals surface area contributed by atoms with Gasteiger partial charge in [-0.25, -0.2) is 8.78 Å². The fourth-order valence-electron chi connectivity index (χ4n) is 4.19. The molecule has 6 rings (SSSR count). The second-order valence-electron chi connectivity index (χ2n) is 8.24. The highest BCUT2D eigenvalue weighted by atomic mass is 127. The number of aromatic nitrogens is 2. The number of hydrogen-bond donors (Lipinski definition) is 0. The van der Waals surface area contributed by atoms with Crippen LogP contribution in [0.15, 0.2) is 72.8 Å². The zero-order valence-electron chi connectivity index (χ0n) is 18.9. The molecule has 178 valence electrons. The van der Waals surface area contributed by atoms with Crippen LogP contribution in [0, 0.1) is 15.2 Å². The Hall–Kier alpha value is -2.53. The summed E-state index contributed by atoms with van der Waals surface area (Å²) in [7, 11) is 0. The SMILES string of the molecule is CCc1ccc(-c2ccc(-c3ccc(-c4ccc(-c5ccc(I)cc5F)s4)c4nsnc34)s2)c(F)c1. The van der Waals surface area contributed by atoms with E-state index in [4.69, 9.17) is 0 Å². The van der Waals surface area contributed by atoms with E-state index in [1.165, 1.54) is 11.7 Å². The van der Waals surface area contributed by atoms with Crippen molar-refractivity contribution in [3.05, 3.63) is 93.6 Å². The third-order valence-electron chi connectivity index (χ3n) is 6.06. The Morgan fingerprint density at radius 1 is 0.639 bits per heavy atom. The highest BCUT2D eigenvalue weighted by Gasteiger charge is 2.18. The summed E-state index contributed by atoms with van der Waals surface area (Å²) >= 11 is 6.38. The first-order valence-electron chi connectivity index (χ1n) is 11.2. The maximum absolute atomic E-state index is 14.7. The minimum absolute atomic E-state index is 0.198. The molecule has 3 aromatic heterocycles. The van der Waals surface area contributed by atoms with E-state index in [-0.39, 0.29) is 11.6 Å². The minimum Gasteiger partial charge on any atom is -0.206 e. The first kappa shape index (κ1) is 23.8. The van der Waals surface area contributed by atoms with Gasteiger partial charge in [-0.05, 0) is 83.1 Å². The molecule has 0 radical (unpaired) electrons. The van der Waals surface area contributed by atoms with E-state index in [1.54, 1.807) is 34.8 Å². The second kappa shape index (κ2) is 9.74. The van der Waals surface area contributed by atoms with Crippen LogP contribution in [0.2, 0.25) is 0 Å². The lowest BCUT2D eigenvalue weighted by Crippen LogP contribution is -1.86. The first-order valence-corrected chi connectivity index (χ1v) is 14.7. The Balaban J connectivity index is 1.38. The third-order valence-corrected chi connectivity index (χ3v) is 9.57. The summed E-state index contributed by atoms with van der Waals surface area (Å²) in [6.07, 6.45) is 0.805. The number of aryl methyl sites for hydroxylation is 1. The summed E-state index contributed by atoms with van der Waals surface area (Å²) in [6, 6.07) is 22.8. The normalized spacial score (nSPS) is 11.4. The van der Waals surface area contributed by atoms with Crippen LogP contribution in [-0.2, 0) is 6.42 Å². The molecule has 0 fully saturated rings. The second-order valence-corrected chi connectivity index (χ2v) is 12.2. The van der Waals surface area contributed by atoms with Crippen LogP contribution in [0.4, 0.5) is 8.78 Å². The molecule has 3 heterocycles. The van der Waals surface area contributed by atoms with Gasteiger partial charge in [0.2, 0.25) is 0 Å². The molecule has 0 atom stereocenters. The summed E-state index contributed by atoms with van der Waals surface area (Å²) in [5.41, 5.74) is 5.79. The van der Waals surface area contributed by atoms with Gasteiger partial charge in [-0.1, -0.05) is 31.2 Å². The van der Waals surface area contributed by atoms with Crippen LogP contribution < -0.4 is 0 Å².